The van der Waals surface area contributed by atoms with Gasteiger partial charge in [-0.1, -0.05) is 25.1 Å². The first-order valence-corrected chi connectivity index (χ1v) is 5.61. The van der Waals surface area contributed by atoms with Gasteiger partial charge in [-0.2, -0.15) is 10.4 Å². The Kier molecular flexibility index (Phi) is 2.91. The largest absolute Gasteiger partial charge is 0.261 e. The third-order valence-electron chi connectivity index (χ3n) is 2.83. The predicted octanol–water partition coefficient (Wildman–Crippen LogP) is 3.07. The van der Waals surface area contributed by atoms with E-state index in [4.69, 9.17) is 5.26 Å². The molecule has 0 bridgehead atoms. The molecule has 82 valence electrons. The highest BCUT2D eigenvalue weighted by molar-refractivity contribution is 5.82. The van der Waals surface area contributed by atoms with Crippen LogP contribution in [-0.2, 0) is 6.42 Å². The first-order valence-electron chi connectivity index (χ1n) is 5.61. The van der Waals surface area contributed by atoms with Crippen LogP contribution in [-0.4, -0.2) is 9.78 Å². The summed E-state index contributed by atoms with van der Waals surface area (Å²) in [5.41, 5.74) is 2.24. The van der Waals surface area contributed by atoms with Crippen LogP contribution in [0.25, 0.3) is 10.9 Å². The van der Waals surface area contributed by atoms with Crippen LogP contribution in [0.2, 0.25) is 0 Å². The van der Waals surface area contributed by atoms with Gasteiger partial charge in [0.1, 0.15) is 0 Å². The van der Waals surface area contributed by atoms with Gasteiger partial charge in [-0.15, -0.1) is 0 Å². The van der Waals surface area contributed by atoms with Crippen molar-refractivity contribution in [2.45, 2.75) is 32.7 Å². The third kappa shape index (κ3) is 1.67. The minimum Gasteiger partial charge on any atom is -0.261 e. The number of nitriles is 1. The average Bonchev–Trinajstić information content (AvgIpc) is 2.68. The van der Waals surface area contributed by atoms with Crippen molar-refractivity contribution in [2.24, 2.45) is 0 Å². The van der Waals surface area contributed by atoms with Crippen LogP contribution >= 0.6 is 0 Å². The van der Waals surface area contributed by atoms with Gasteiger partial charge in [0.05, 0.1) is 29.7 Å². The lowest BCUT2D eigenvalue weighted by atomic mass is 10.2. The number of hydrogen-bond acceptors (Lipinski definition) is 2. The fourth-order valence-corrected chi connectivity index (χ4v) is 1.97. The van der Waals surface area contributed by atoms with Crippen molar-refractivity contribution < 1.29 is 0 Å². The Labute approximate surface area is 95.3 Å². The number of hydrogen-bond donors (Lipinski definition) is 0. The van der Waals surface area contributed by atoms with Crippen molar-refractivity contribution >= 4 is 10.9 Å². The van der Waals surface area contributed by atoms with Crippen LogP contribution in [0.1, 0.15) is 32.0 Å². The SMILES string of the molecule is CCc1nn(C(C)CC#N)c2ccccc12. The van der Waals surface area contributed by atoms with Crippen LogP contribution in [0.15, 0.2) is 24.3 Å². The van der Waals surface area contributed by atoms with Crippen LogP contribution in [0.4, 0.5) is 0 Å². The highest BCUT2D eigenvalue weighted by atomic mass is 15.3. The number of para-hydroxylation sites is 1. The molecule has 0 amide bonds. The summed E-state index contributed by atoms with van der Waals surface area (Å²) in [6, 6.07) is 10.5. The van der Waals surface area contributed by atoms with E-state index in [9.17, 15) is 0 Å². The molecule has 0 saturated carbocycles. The topological polar surface area (TPSA) is 41.6 Å². The minimum atomic E-state index is 0.134. The summed E-state index contributed by atoms with van der Waals surface area (Å²) >= 11 is 0. The van der Waals surface area contributed by atoms with Crippen LogP contribution in [0.5, 0.6) is 0 Å². The summed E-state index contributed by atoms with van der Waals surface area (Å²) in [6.45, 7) is 4.14. The summed E-state index contributed by atoms with van der Waals surface area (Å²) in [5, 5.41) is 14.5. The Morgan fingerprint density at radius 3 is 2.88 bits per heavy atom. The highest BCUT2D eigenvalue weighted by Crippen LogP contribution is 2.23. The van der Waals surface area contributed by atoms with Crippen LogP contribution < -0.4 is 0 Å². The van der Waals surface area contributed by atoms with E-state index in [1.54, 1.807) is 0 Å². The van der Waals surface area contributed by atoms with Gasteiger partial charge in [0.2, 0.25) is 0 Å². The quantitative estimate of drug-likeness (QED) is 0.786. The van der Waals surface area contributed by atoms with Crippen molar-refractivity contribution in [3.05, 3.63) is 30.0 Å². The molecule has 1 heterocycles. The lowest BCUT2D eigenvalue weighted by Crippen LogP contribution is -2.06. The average molecular weight is 213 g/mol. The van der Waals surface area contributed by atoms with Gasteiger partial charge in [0.25, 0.3) is 0 Å². The van der Waals surface area contributed by atoms with E-state index in [0.717, 1.165) is 17.6 Å². The molecule has 3 heteroatoms. The Morgan fingerprint density at radius 2 is 2.19 bits per heavy atom. The number of benzene rings is 1. The molecule has 2 aromatic rings. The molecule has 0 spiro atoms. The summed E-state index contributed by atoms with van der Waals surface area (Å²) in [7, 11) is 0. The van der Waals surface area contributed by atoms with Gasteiger partial charge >= 0.3 is 0 Å². The predicted molar refractivity (Wildman–Crippen MR) is 64.1 cm³/mol. The first kappa shape index (κ1) is 10.7. The number of fused-ring (bicyclic) bond motifs is 1. The second-order valence-electron chi connectivity index (χ2n) is 3.97. The zero-order valence-corrected chi connectivity index (χ0v) is 9.64. The maximum atomic E-state index is 8.74. The van der Waals surface area contributed by atoms with Gasteiger partial charge < -0.3 is 0 Å². The molecule has 0 radical (unpaired) electrons. The standard InChI is InChI=1S/C13H15N3/c1-3-12-11-6-4-5-7-13(11)16(15-12)10(2)8-9-14/h4-7,10H,3,8H2,1-2H3. The van der Waals surface area contributed by atoms with Gasteiger partial charge in [-0.25, -0.2) is 0 Å². The van der Waals surface area contributed by atoms with Gasteiger partial charge in [0, 0.05) is 5.39 Å². The third-order valence-corrected chi connectivity index (χ3v) is 2.83. The molecule has 1 aromatic carbocycles. The molecule has 0 aliphatic carbocycles. The maximum Gasteiger partial charge on any atom is 0.0700 e. The lowest BCUT2D eigenvalue weighted by Gasteiger charge is -2.08. The highest BCUT2D eigenvalue weighted by Gasteiger charge is 2.12. The Hall–Kier alpha value is -1.82. The van der Waals surface area contributed by atoms with Crippen molar-refractivity contribution in [2.75, 3.05) is 0 Å². The second kappa shape index (κ2) is 4.36. The normalized spacial score (nSPS) is 12.6. The summed E-state index contributed by atoms with van der Waals surface area (Å²) in [6.07, 6.45) is 1.42. The van der Waals surface area contributed by atoms with Crippen LogP contribution in [0.3, 0.4) is 0 Å². The van der Waals surface area contributed by atoms with Crippen molar-refractivity contribution in [3.63, 3.8) is 0 Å². The van der Waals surface area contributed by atoms with E-state index in [2.05, 4.69) is 30.2 Å². The number of aromatic nitrogens is 2. The smallest absolute Gasteiger partial charge is 0.0700 e. The molecule has 3 nitrogen and oxygen atoms in total. The molecule has 0 N–H and O–H groups in total. The molecule has 16 heavy (non-hydrogen) atoms. The molecule has 0 saturated heterocycles. The Balaban J connectivity index is 2.58. The second-order valence-corrected chi connectivity index (χ2v) is 3.97. The lowest BCUT2D eigenvalue weighted by molar-refractivity contribution is 0.512. The van der Waals surface area contributed by atoms with E-state index >= 15 is 0 Å². The molecule has 0 aliphatic rings. The Bertz CT molecular complexity index is 534. The Morgan fingerprint density at radius 1 is 1.44 bits per heavy atom. The van der Waals surface area contributed by atoms with Crippen LogP contribution in [0, 0.1) is 11.3 Å². The van der Waals surface area contributed by atoms with Gasteiger partial charge in [-0.3, -0.25) is 4.68 Å². The summed E-state index contributed by atoms with van der Waals surface area (Å²) < 4.78 is 1.97. The molecule has 0 fully saturated rings. The van der Waals surface area contributed by atoms with E-state index in [0.29, 0.717) is 6.42 Å². The van der Waals surface area contributed by atoms with Crippen molar-refractivity contribution in [1.29, 1.82) is 5.26 Å². The zero-order valence-electron chi connectivity index (χ0n) is 9.64. The van der Waals surface area contributed by atoms with E-state index in [-0.39, 0.29) is 6.04 Å². The molecule has 0 aliphatic heterocycles. The zero-order chi connectivity index (χ0) is 11.5. The van der Waals surface area contributed by atoms with E-state index in [1.165, 1.54) is 5.39 Å². The van der Waals surface area contributed by atoms with Crippen molar-refractivity contribution in [1.82, 2.24) is 9.78 Å². The molecule has 1 atom stereocenters. The number of aryl methyl sites for hydroxylation is 1. The maximum absolute atomic E-state index is 8.74. The summed E-state index contributed by atoms with van der Waals surface area (Å²) in [5.74, 6) is 0. The molecule has 2 rings (SSSR count). The fraction of sp³-hybridized carbons (Fsp3) is 0.385. The first-order chi connectivity index (χ1) is 7.77. The van der Waals surface area contributed by atoms with E-state index < -0.39 is 0 Å². The monoisotopic (exact) mass is 213 g/mol. The minimum absolute atomic E-state index is 0.134. The molecule has 1 aromatic heterocycles. The van der Waals surface area contributed by atoms with Gasteiger partial charge in [-0.05, 0) is 19.4 Å². The van der Waals surface area contributed by atoms with Gasteiger partial charge in [0.15, 0.2) is 0 Å². The number of nitrogens with zero attached hydrogens (tertiary/aromatic N) is 3. The van der Waals surface area contributed by atoms with Crippen molar-refractivity contribution in [3.8, 4) is 6.07 Å². The fourth-order valence-electron chi connectivity index (χ4n) is 1.97. The molecular formula is C13H15N3. The molecular weight excluding hydrogens is 198 g/mol. The van der Waals surface area contributed by atoms with E-state index in [1.807, 2.05) is 23.7 Å². The summed E-state index contributed by atoms with van der Waals surface area (Å²) in [4.78, 5) is 0. The number of rotatable bonds is 3. The molecule has 1 unspecified atom stereocenters.